The van der Waals surface area contributed by atoms with Gasteiger partial charge in [0.05, 0.1) is 0 Å². The molecule has 0 saturated carbocycles. The van der Waals surface area contributed by atoms with Gasteiger partial charge in [0.15, 0.2) is 0 Å². The van der Waals surface area contributed by atoms with Crippen LogP contribution in [0.15, 0.2) is 66.7 Å². The summed E-state index contributed by atoms with van der Waals surface area (Å²) in [5, 5.41) is 2.65. The van der Waals surface area contributed by atoms with Crippen molar-refractivity contribution < 1.29 is 0 Å². The molecule has 0 bridgehead atoms. The molecule has 0 radical (unpaired) electrons. The lowest BCUT2D eigenvalue weighted by Gasteiger charge is -2.07. The average Bonchev–Trinajstić information content (AvgIpc) is 2.40. The van der Waals surface area contributed by atoms with E-state index < -0.39 is 0 Å². The predicted molar refractivity (Wildman–Crippen MR) is 74.1 cm³/mol. The minimum atomic E-state index is 1.28. The van der Waals surface area contributed by atoms with Crippen LogP contribution < -0.4 is 0 Å². The molecule has 0 saturated heterocycles. The normalized spacial score (nSPS) is 10.6. The maximum Gasteiger partial charge on any atom is -0.0154 e. The van der Waals surface area contributed by atoms with E-state index in [0.29, 0.717) is 0 Å². The molecule has 0 fully saturated rings. The monoisotopic (exact) mass is 218 g/mol. The smallest absolute Gasteiger partial charge is 0.0154 e. The van der Waals surface area contributed by atoms with E-state index in [-0.39, 0.29) is 0 Å². The molecule has 0 aliphatic heterocycles. The number of benzene rings is 3. The zero-order valence-electron chi connectivity index (χ0n) is 9.85. The Balaban J connectivity index is 2.26. The van der Waals surface area contributed by atoms with Crippen molar-refractivity contribution in [1.82, 2.24) is 0 Å². The first-order chi connectivity index (χ1) is 8.34. The highest BCUT2D eigenvalue weighted by Crippen LogP contribution is 2.27. The molecule has 0 atom stereocenters. The highest BCUT2D eigenvalue weighted by molar-refractivity contribution is 5.90. The molecule has 0 aliphatic carbocycles. The first-order valence-electron chi connectivity index (χ1n) is 5.89. The van der Waals surface area contributed by atoms with Crippen LogP contribution in [0.1, 0.15) is 5.56 Å². The third-order valence-corrected chi connectivity index (χ3v) is 3.18. The Hall–Kier alpha value is -2.08. The van der Waals surface area contributed by atoms with Gasteiger partial charge in [-0.25, -0.2) is 0 Å². The molecule has 3 rings (SSSR count). The summed E-state index contributed by atoms with van der Waals surface area (Å²) < 4.78 is 0. The fraction of sp³-hybridized carbons (Fsp3) is 0.0588. The van der Waals surface area contributed by atoms with Crippen LogP contribution in [0.5, 0.6) is 0 Å². The molecule has 0 spiro atoms. The maximum absolute atomic E-state index is 2.26. The van der Waals surface area contributed by atoms with Crippen molar-refractivity contribution in [2.45, 2.75) is 6.92 Å². The molecular formula is C17H14. The molecule has 0 heterocycles. The number of hydrogen-bond donors (Lipinski definition) is 0. The number of fused-ring (bicyclic) bond motifs is 1. The molecule has 0 heteroatoms. The van der Waals surface area contributed by atoms with Gasteiger partial charge in [-0.1, -0.05) is 60.7 Å². The number of rotatable bonds is 1. The molecule has 82 valence electrons. The van der Waals surface area contributed by atoms with Crippen molar-refractivity contribution >= 4 is 10.8 Å². The Bertz CT molecular complexity index is 651. The van der Waals surface area contributed by atoms with Gasteiger partial charge in [0, 0.05) is 0 Å². The summed E-state index contributed by atoms with van der Waals surface area (Å²) >= 11 is 0. The summed E-state index contributed by atoms with van der Waals surface area (Å²) in [6, 6.07) is 23.6. The van der Waals surface area contributed by atoms with Crippen LogP contribution in [-0.4, -0.2) is 0 Å². The van der Waals surface area contributed by atoms with Crippen molar-refractivity contribution in [3.05, 3.63) is 72.3 Å². The Labute approximate surface area is 102 Å². The fourth-order valence-corrected chi connectivity index (χ4v) is 2.30. The highest BCUT2D eigenvalue weighted by atomic mass is 14.1. The molecule has 0 amide bonds. The molecule has 0 aliphatic rings. The zero-order chi connectivity index (χ0) is 11.7. The van der Waals surface area contributed by atoms with Gasteiger partial charge in [-0.2, -0.15) is 0 Å². The van der Waals surface area contributed by atoms with Crippen LogP contribution in [-0.2, 0) is 0 Å². The van der Waals surface area contributed by atoms with Gasteiger partial charge < -0.3 is 0 Å². The summed E-state index contributed by atoms with van der Waals surface area (Å²) in [6.45, 7) is 2.18. The lowest BCUT2D eigenvalue weighted by Crippen LogP contribution is -1.82. The van der Waals surface area contributed by atoms with Crippen molar-refractivity contribution in [2.75, 3.05) is 0 Å². The fourth-order valence-electron chi connectivity index (χ4n) is 2.30. The van der Waals surface area contributed by atoms with Crippen molar-refractivity contribution in [3.63, 3.8) is 0 Å². The summed E-state index contributed by atoms with van der Waals surface area (Å²) in [5.41, 5.74) is 3.91. The summed E-state index contributed by atoms with van der Waals surface area (Å²) in [6.07, 6.45) is 0. The van der Waals surface area contributed by atoms with Crippen LogP contribution in [0.3, 0.4) is 0 Å². The van der Waals surface area contributed by atoms with Crippen molar-refractivity contribution in [3.8, 4) is 11.1 Å². The molecule has 0 unspecified atom stereocenters. The maximum atomic E-state index is 2.26. The molecule has 0 nitrogen and oxygen atoms in total. The van der Waals surface area contributed by atoms with Gasteiger partial charge in [-0.15, -0.1) is 0 Å². The Morgan fingerprint density at radius 1 is 0.647 bits per heavy atom. The van der Waals surface area contributed by atoms with Crippen LogP contribution in [0.4, 0.5) is 0 Å². The summed E-state index contributed by atoms with van der Waals surface area (Å²) in [4.78, 5) is 0. The predicted octanol–water partition coefficient (Wildman–Crippen LogP) is 4.82. The van der Waals surface area contributed by atoms with Gasteiger partial charge in [0.25, 0.3) is 0 Å². The minimum absolute atomic E-state index is 1.28. The number of aryl methyl sites for hydroxylation is 1. The van der Waals surface area contributed by atoms with Gasteiger partial charge in [0.2, 0.25) is 0 Å². The van der Waals surface area contributed by atoms with Gasteiger partial charge >= 0.3 is 0 Å². The van der Waals surface area contributed by atoms with E-state index in [0.717, 1.165) is 0 Å². The van der Waals surface area contributed by atoms with E-state index in [2.05, 4.69) is 73.7 Å². The SMILES string of the molecule is Cc1cc(-c2ccccc2)cc2ccccc12. The van der Waals surface area contributed by atoms with E-state index in [4.69, 9.17) is 0 Å². The molecule has 17 heavy (non-hydrogen) atoms. The first-order valence-corrected chi connectivity index (χ1v) is 5.89. The van der Waals surface area contributed by atoms with Crippen molar-refractivity contribution in [1.29, 1.82) is 0 Å². The lowest BCUT2D eigenvalue weighted by molar-refractivity contribution is 1.52. The Kier molecular flexibility index (Phi) is 2.41. The second-order valence-corrected chi connectivity index (χ2v) is 4.38. The Morgan fingerprint density at radius 2 is 1.35 bits per heavy atom. The second kappa shape index (κ2) is 4.06. The van der Waals surface area contributed by atoms with Gasteiger partial charge in [-0.3, -0.25) is 0 Å². The molecule has 3 aromatic rings. The van der Waals surface area contributed by atoms with Gasteiger partial charge in [0.1, 0.15) is 0 Å². The van der Waals surface area contributed by atoms with E-state index in [1.807, 2.05) is 0 Å². The van der Waals surface area contributed by atoms with E-state index >= 15 is 0 Å². The minimum Gasteiger partial charge on any atom is -0.0622 e. The zero-order valence-corrected chi connectivity index (χ0v) is 9.85. The van der Waals surface area contributed by atoms with Crippen LogP contribution >= 0.6 is 0 Å². The lowest BCUT2D eigenvalue weighted by atomic mass is 9.98. The largest absolute Gasteiger partial charge is 0.0622 e. The molecular weight excluding hydrogens is 204 g/mol. The first kappa shape index (κ1) is 10.1. The van der Waals surface area contributed by atoms with Crippen molar-refractivity contribution in [2.24, 2.45) is 0 Å². The van der Waals surface area contributed by atoms with Crippen LogP contribution in [0, 0.1) is 6.92 Å². The Morgan fingerprint density at radius 3 is 2.18 bits per heavy atom. The number of hydrogen-bond acceptors (Lipinski definition) is 0. The second-order valence-electron chi connectivity index (χ2n) is 4.38. The standard InChI is InChI=1S/C17H14/c1-13-11-16(14-7-3-2-4-8-14)12-15-9-5-6-10-17(13)15/h2-12H,1H3. The molecule has 0 aromatic heterocycles. The third kappa shape index (κ3) is 1.83. The molecule has 0 N–H and O–H groups in total. The quantitative estimate of drug-likeness (QED) is 0.549. The van der Waals surface area contributed by atoms with Crippen LogP contribution in [0.25, 0.3) is 21.9 Å². The van der Waals surface area contributed by atoms with Gasteiger partial charge in [-0.05, 0) is 40.5 Å². The van der Waals surface area contributed by atoms with E-state index in [1.54, 1.807) is 0 Å². The summed E-state index contributed by atoms with van der Waals surface area (Å²) in [7, 11) is 0. The topological polar surface area (TPSA) is 0 Å². The highest BCUT2D eigenvalue weighted by Gasteiger charge is 2.01. The van der Waals surface area contributed by atoms with E-state index in [9.17, 15) is 0 Å². The third-order valence-electron chi connectivity index (χ3n) is 3.18. The van der Waals surface area contributed by atoms with E-state index in [1.165, 1.54) is 27.5 Å². The molecule has 3 aromatic carbocycles. The summed E-state index contributed by atoms with van der Waals surface area (Å²) in [5.74, 6) is 0. The average molecular weight is 218 g/mol. The van der Waals surface area contributed by atoms with Crippen LogP contribution in [0.2, 0.25) is 0 Å².